The molecule has 0 saturated carbocycles. The van der Waals surface area contributed by atoms with E-state index in [9.17, 15) is 10.0 Å². The van der Waals surface area contributed by atoms with Gasteiger partial charge in [0.05, 0.1) is 11.9 Å². The first-order valence-corrected chi connectivity index (χ1v) is 4.17. The van der Waals surface area contributed by atoms with Crippen LogP contribution in [0.3, 0.4) is 0 Å². The lowest BCUT2D eigenvalue weighted by atomic mass is 10.1. The quantitative estimate of drug-likeness (QED) is 0.618. The van der Waals surface area contributed by atoms with Gasteiger partial charge in [-0.3, -0.25) is 9.79 Å². The molecule has 0 bridgehead atoms. The molecule has 1 aliphatic heterocycles. The Morgan fingerprint density at radius 1 is 1.83 bits per heavy atom. The van der Waals surface area contributed by atoms with E-state index in [2.05, 4.69) is 4.99 Å². The van der Waals surface area contributed by atoms with E-state index in [1.54, 1.807) is 0 Å². The van der Waals surface area contributed by atoms with Gasteiger partial charge in [0.1, 0.15) is 0 Å². The third-order valence-electron chi connectivity index (χ3n) is 2.02. The molecule has 0 radical (unpaired) electrons. The minimum atomic E-state index is -0.488. The highest BCUT2D eigenvalue weighted by Gasteiger charge is 2.20. The van der Waals surface area contributed by atoms with Gasteiger partial charge in [-0.2, -0.15) is 0 Å². The summed E-state index contributed by atoms with van der Waals surface area (Å²) in [6, 6.07) is -0.488. The molecule has 0 aromatic rings. The van der Waals surface area contributed by atoms with Crippen LogP contribution in [0.5, 0.6) is 0 Å². The molecule has 1 rings (SSSR count). The molecule has 0 fully saturated rings. The van der Waals surface area contributed by atoms with Crippen molar-refractivity contribution in [2.24, 2.45) is 4.99 Å². The molecule has 1 aliphatic rings. The first-order valence-electron chi connectivity index (χ1n) is 4.17. The summed E-state index contributed by atoms with van der Waals surface area (Å²) in [5.74, 6) is 0.437. The predicted octanol–water partition coefficient (Wildman–Crippen LogP) is 0.956. The van der Waals surface area contributed by atoms with Crippen LogP contribution in [0.1, 0.15) is 26.7 Å². The van der Waals surface area contributed by atoms with E-state index < -0.39 is 6.04 Å². The SMILES string of the molecule is CCC1=NCCC(C(C)=O)N1[O-]. The Morgan fingerprint density at radius 3 is 3.00 bits per heavy atom. The Balaban J connectivity index is 2.72. The van der Waals surface area contributed by atoms with Crippen LogP contribution in [0.15, 0.2) is 4.99 Å². The lowest BCUT2D eigenvalue weighted by Crippen LogP contribution is -2.43. The number of carbonyl (C=O) groups excluding carboxylic acids is 1. The van der Waals surface area contributed by atoms with Crippen LogP contribution >= 0.6 is 0 Å². The van der Waals surface area contributed by atoms with Crippen LogP contribution in [0, 0.1) is 5.21 Å². The van der Waals surface area contributed by atoms with Crippen LogP contribution in [0.4, 0.5) is 0 Å². The third-order valence-corrected chi connectivity index (χ3v) is 2.02. The van der Waals surface area contributed by atoms with E-state index in [1.807, 2.05) is 6.92 Å². The number of hydroxylamine groups is 2. The number of carbonyl (C=O) groups is 1. The van der Waals surface area contributed by atoms with Crippen molar-refractivity contribution in [3.63, 3.8) is 0 Å². The van der Waals surface area contributed by atoms with Crippen molar-refractivity contribution in [2.75, 3.05) is 6.54 Å². The molecule has 0 spiro atoms. The fourth-order valence-corrected chi connectivity index (χ4v) is 1.32. The van der Waals surface area contributed by atoms with Crippen molar-refractivity contribution in [1.82, 2.24) is 5.06 Å². The molecule has 0 aromatic heterocycles. The first kappa shape index (κ1) is 9.19. The van der Waals surface area contributed by atoms with Crippen LogP contribution in [0.25, 0.3) is 0 Å². The lowest BCUT2D eigenvalue weighted by molar-refractivity contribution is -0.120. The molecule has 12 heavy (non-hydrogen) atoms. The molecule has 1 atom stereocenters. The number of nitrogens with zero attached hydrogens (tertiary/aromatic N) is 2. The summed E-state index contributed by atoms with van der Waals surface area (Å²) in [6.45, 7) is 3.92. The molecule has 0 amide bonds. The minimum Gasteiger partial charge on any atom is -0.757 e. The van der Waals surface area contributed by atoms with Crippen molar-refractivity contribution < 1.29 is 4.79 Å². The van der Waals surface area contributed by atoms with E-state index in [0.717, 1.165) is 5.06 Å². The molecule has 0 aromatic carbocycles. The van der Waals surface area contributed by atoms with Gasteiger partial charge < -0.3 is 10.3 Å². The Labute approximate surface area is 71.9 Å². The summed E-state index contributed by atoms with van der Waals surface area (Å²) in [6.07, 6.45) is 1.16. The second-order valence-electron chi connectivity index (χ2n) is 2.89. The number of rotatable bonds is 2. The van der Waals surface area contributed by atoms with Gasteiger partial charge in [-0.15, -0.1) is 0 Å². The number of amidine groups is 1. The van der Waals surface area contributed by atoms with Gasteiger partial charge in [0.25, 0.3) is 0 Å². The Hall–Kier alpha value is -0.900. The van der Waals surface area contributed by atoms with Crippen molar-refractivity contribution in [2.45, 2.75) is 32.7 Å². The van der Waals surface area contributed by atoms with Gasteiger partial charge >= 0.3 is 0 Å². The highest BCUT2D eigenvalue weighted by atomic mass is 16.5. The fraction of sp³-hybridized carbons (Fsp3) is 0.750. The van der Waals surface area contributed by atoms with E-state index in [1.165, 1.54) is 6.92 Å². The Kier molecular flexibility index (Phi) is 2.81. The summed E-state index contributed by atoms with van der Waals surface area (Å²) in [5, 5.41) is 12.1. The summed E-state index contributed by atoms with van der Waals surface area (Å²) < 4.78 is 0. The molecular formula is C8H13N2O2-. The zero-order valence-corrected chi connectivity index (χ0v) is 7.41. The number of hydrogen-bond donors (Lipinski definition) is 0. The number of hydrogen-bond acceptors (Lipinski definition) is 4. The van der Waals surface area contributed by atoms with Gasteiger partial charge in [-0.05, 0) is 13.3 Å². The second-order valence-corrected chi connectivity index (χ2v) is 2.89. The standard InChI is InChI=1S/C8H13N2O2/c1-3-8-9-5-4-7(6(2)11)10(8)12/h7H,3-5H2,1-2H3/q-1. The van der Waals surface area contributed by atoms with E-state index >= 15 is 0 Å². The molecule has 68 valence electrons. The summed E-state index contributed by atoms with van der Waals surface area (Å²) >= 11 is 0. The van der Waals surface area contributed by atoms with E-state index in [0.29, 0.717) is 25.2 Å². The highest BCUT2D eigenvalue weighted by molar-refractivity contribution is 5.91. The van der Waals surface area contributed by atoms with Gasteiger partial charge in [0.2, 0.25) is 0 Å². The summed E-state index contributed by atoms with van der Waals surface area (Å²) in [4.78, 5) is 15.0. The zero-order valence-electron chi connectivity index (χ0n) is 7.41. The highest BCUT2D eigenvalue weighted by Crippen LogP contribution is 2.12. The molecule has 0 saturated heterocycles. The first-order chi connectivity index (χ1) is 5.66. The zero-order chi connectivity index (χ0) is 9.14. The smallest absolute Gasteiger partial charge is 0.151 e. The molecule has 4 nitrogen and oxygen atoms in total. The normalized spacial score (nSPS) is 23.8. The fourth-order valence-electron chi connectivity index (χ4n) is 1.32. The van der Waals surface area contributed by atoms with Crippen molar-refractivity contribution in [1.29, 1.82) is 0 Å². The number of ketones is 1. The maximum atomic E-state index is 11.4. The molecule has 1 unspecified atom stereocenters. The Morgan fingerprint density at radius 2 is 2.50 bits per heavy atom. The number of aliphatic imine (C=N–C) groups is 1. The maximum Gasteiger partial charge on any atom is 0.151 e. The number of Topliss-reactive ketones (excluding diaryl/α,β-unsaturated/α-hetero) is 1. The molecular weight excluding hydrogens is 156 g/mol. The van der Waals surface area contributed by atoms with E-state index in [-0.39, 0.29) is 5.78 Å². The van der Waals surface area contributed by atoms with Crippen LogP contribution < -0.4 is 0 Å². The van der Waals surface area contributed by atoms with Crippen LogP contribution in [0.2, 0.25) is 0 Å². The van der Waals surface area contributed by atoms with Crippen molar-refractivity contribution in [3.05, 3.63) is 5.21 Å². The second kappa shape index (κ2) is 3.67. The van der Waals surface area contributed by atoms with E-state index in [4.69, 9.17) is 0 Å². The summed E-state index contributed by atoms with van der Waals surface area (Å²) in [7, 11) is 0. The minimum absolute atomic E-state index is 0.0640. The maximum absolute atomic E-state index is 11.4. The average Bonchev–Trinajstić information content (AvgIpc) is 2.04. The Bertz CT molecular complexity index is 213. The summed E-state index contributed by atoms with van der Waals surface area (Å²) in [5.41, 5.74) is 0. The largest absolute Gasteiger partial charge is 0.757 e. The van der Waals surface area contributed by atoms with Gasteiger partial charge in [-0.25, -0.2) is 0 Å². The molecule has 0 aliphatic carbocycles. The molecule has 4 heteroatoms. The topological polar surface area (TPSA) is 55.7 Å². The van der Waals surface area contributed by atoms with Gasteiger partial charge in [0.15, 0.2) is 5.78 Å². The predicted molar refractivity (Wildman–Crippen MR) is 46.9 cm³/mol. The monoisotopic (exact) mass is 169 g/mol. The molecule has 1 heterocycles. The van der Waals surface area contributed by atoms with Crippen molar-refractivity contribution >= 4 is 11.6 Å². The van der Waals surface area contributed by atoms with Crippen LogP contribution in [-0.2, 0) is 4.79 Å². The van der Waals surface area contributed by atoms with Crippen LogP contribution in [-0.4, -0.2) is 29.3 Å². The lowest BCUT2D eigenvalue weighted by Gasteiger charge is -2.40. The van der Waals surface area contributed by atoms with Gasteiger partial charge in [-0.1, -0.05) is 6.92 Å². The average molecular weight is 169 g/mol. The van der Waals surface area contributed by atoms with Crippen molar-refractivity contribution in [3.8, 4) is 0 Å². The van der Waals surface area contributed by atoms with Gasteiger partial charge in [0, 0.05) is 13.0 Å². The third kappa shape index (κ3) is 1.64. The molecule has 0 N–H and O–H groups in total.